The first-order valence-electron chi connectivity index (χ1n) is 7.26. The van der Waals surface area contributed by atoms with Gasteiger partial charge in [-0.2, -0.15) is 5.10 Å². The second-order valence-corrected chi connectivity index (χ2v) is 5.53. The van der Waals surface area contributed by atoms with Gasteiger partial charge in [0.1, 0.15) is 0 Å². The summed E-state index contributed by atoms with van der Waals surface area (Å²) in [6.07, 6.45) is 3.86. The molecule has 2 rings (SSSR count). The molecule has 112 valence electrons. The molecule has 2 aromatic rings. The Morgan fingerprint density at radius 1 is 1.38 bits per heavy atom. The zero-order valence-electron chi connectivity index (χ0n) is 12.5. The van der Waals surface area contributed by atoms with E-state index in [4.69, 9.17) is 5.73 Å². The van der Waals surface area contributed by atoms with Gasteiger partial charge in [0, 0.05) is 18.4 Å². The predicted molar refractivity (Wildman–Crippen MR) is 84.4 cm³/mol. The lowest BCUT2D eigenvalue weighted by Gasteiger charge is -2.05. The van der Waals surface area contributed by atoms with E-state index in [1.165, 1.54) is 0 Å². The Morgan fingerprint density at radius 2 is 2.19 bits per heavy atom. The fourth-order valence-corrected chi connectivity index (χ4v) is 2.06. The summed E-state index contributed by atoms with van der Waals surface area (Å²) in [5.74, 6) is 0.519. The third-order valence-corrected chi connectivity index (χ3v) is 3.20. The Labute approximate surface area is 125 Å². The molecular formula is C16H22N4O. The summed E-state index contributed by atoms with van der Waals surface area (Å²) in [6, 6.07) is 9.10. The van der Waals surface area contributed by atoms with Crippen molar-refractivity contribution in [2.75, 3.05) is 12.3 Å². The minimum Gasteiger partial charge on any atom is -0.399 e. The van der Waals surface area contributed by atoms with Crippen LogP contribution in [-0.2, 0) is 0 Å². The molecule has 0 spiro atoms. The van der Waals surface area contributed by atoms with E-state index in [-0.39, 0.29) is 5.91 Å². The number of carbonyl (C=O) groups is 1. The fraction of sp³-hybridized carbons (Fsp3) is 0.375. The highest BCUT2D eigenvalue weighted by atomic mass is 16.1. The molecular weight excluding hydrogens is 264 g/mol. The van der Waals surface area contributed by atoms with Gasteiger partial charge in [-0.25, -0.2) is 4.68 Å². The van der Waals surface area contributed by atoms with E-state index in [0.717, 1.165) is 18.5 Å². The molecule has 0 bridgehead atoms. The van der Waals surface area contributed by atoms with Gasteiger partial charge in [0.05, 0.1) is 5.69 Å². The van der Waals surface area contributed by atoms with Crippen LogP contribution in [0.3, 0.4) is 0 Å². The zero-order valence-corrected chi connectivity index (χ0v) is 12.5. The molecule has 0 aliphatic carbocycles. The van der Waals surface area contributed by atoms with E-state index in [1.54, 1.807) is 16.9 Å². The molecule has 0 aliphatic rings. The number of amides is 1. The van der Waals surface area contributed by atoms with Gasteiger partial charge in [-0.15, -0.1) is 0 Å². The third-order valence-electron chi connectivity index (χ3n) is 3.20. The number of nitrogen functional groups attached to an aromatic ring is 1. The highest BCUT2D eigenvalue weighted by molar-refractivity contribution is 5.92. The number of nitrogens with two attached hydrogens (primary N) is 1. The molecule has 1 amide bonds. The first-order chi connectivity index (χ1) is 10.1. The van der Waals surface area contributed by atoms with Gasteiger partial charge in [-0.1, -0.05) is 19.9 Å². The Kier molecular flexibility index (Phi) is 4.98. The molecule has 3 N–H and O–H groups in total. The highest BCUT2D eigenvalue weighted by Crippen LogP contribution is 2.11. The smallest absolute Gasteiger partial charge is 0.271 e. The van der Waals surface area contributed by atoms with Gasteiger partial charge in [0.15, 0.2) is 5.69 Å². The van der Waals surface area contributed by atoms with Crippen LogP contribution in [-0.4, -0.2) is 22.2 Å². The molecule has 0 saturated carbocycles. The molecule has 5 heteroatoms. The van der Waals surface area contributed by atoms with Crippen molar-refractivity contribution in [2.24, 2.45) is 5.92 Å². The Bertz CT molecular complexity index is 604. The Morgan fingerprint density at radius 3 is 2.90 bits per heavy atom. The standard InChI is InChI=1S/C16H22N4O/c1-12(2)5-4-9-18-16(21)15-8-10-20(19-15)14-7-3-6-13(17)11-14/h3,6-8,10-12H,4-5,9,17H2,1-2H3,(H,18,21). The predicted octanol–water partition coefficient (Wildman–Crippen LogP) is 2.62. The first-order valence-corrected chi connectivity index (χ1v) is 7.26. The van der Waals surface area contributed by atoms with Crippen LogP contribution in [0, 0.1) is 5.92 Å². The second kappa shape index (κ2) is 6.92. The fourth-order valence-electron chi connectivity index (χ4n) is 2.06. The van der Waals surface area contributed by atoms with Crippen LogP contribution in [0.5, 0.6) is 0 Å². The van der Waals surface area contributed by atoms with Crippen molar-refractivity contribution in [3.8, 4) is 5.69 Å². The van der Waals surface area contributed by atoms with E-state index in [0.29, 0.717) is 23.8 Å². The molecule has 1 heterocycles. The van der Waals surface area contributed by atoms with E-state index < -0.39 is 0 Å². The monoisotopic (exact) mass is 286 g/mol. The van der Waals surface area contributed by atoms with Gasteiger partial charge >= 0.3 is 0 Å². The molecule has 5 nitrogen and oxygen atoms in total. The largest absolute Gasteiger partial charge is 0.399 e. The topological polar surface area (TPSA) is 72.9 Å². The summed E-state index contributed by atoms with van der Waals surface area (Å²) in [7, 11) is 0. The maximum atomic E-state index is 12.0. The van der Waals surface area contributed by atoms with Gasteiger partial charge < -0.3 is 11.1 Å². The molecule has 21 heavy (non-hydrogen) atoms. The summed E-state index contributed by atoms with van der Waals surface area (Å²) in [6.45, 7) is 5.03. The summed E-state index contributed by atoms with van der Waals surface area (Å²) in [4.78, 5) is 12.0. The number of rotatable bonds is 6. The van der Waals surface area contributed by atoms with E-state index in [9.17, 15) is 4.79 Å². The minimum absolute atomic E-state index is 0.138. The summed E-state index contributed by atoms with van der Waals surface area (Å²) in [5.41, 5.74) is 7.68. The van der Waals surface area contributed by atoms with Crippen molar-refractivity contribution in [3.63, 3.8) is 0 Å². The van der Waals surface area contributed by atoms with Crippen LogP contribution < -0.4 is 11.1 Å². The highest BCUT2D eigenvalue weighted by Gasteiger charge is 2.09. The second-order valence-electron chi connectivity index (χ2n) is 5.53. The zero-order chi connectivity index (χ0) is 15.2. The van der Waals surface area contributed by atoms with Crippen molar-refractivity contribution in [1.29, 1.82) is 0 Å². The van der Waals surface area contributed by atoms with Crippen molar-refractivity contribution < 1.29 is 4.79 Å². The summed E-state index contributed by atoms with van der Waals surface area (Å²) in [5, 5.41) is 7.18. The average Bonchev–Trinajstić information content (AvgIpc) is 2.93. The van der Waals surface area contributed by atoms with E-state index in [1.807, 2.05) is 24.3 Å². The minimum atomic E-state index is -0.138. The van der Waals surface area contributed by atoms with E-state index in [2.05, 4.69) is 24.3 Å². The van der Waals surface area contributed by atoms with Crippen LogP contribution >= 0.6 is 0 Å². The lowest BCUT2D eigenvalue weighted by atomic mass is 10.1. The van der Waals surface area contributed by atoms with Gasteiger partial charge in [0.2, 0.25) is 0 Å². The summed E-state index contributed by atoms with van der Waals surface area (Å²) < 4.78 is 1.65. The number of nitrogens with one attached hydrogen (secondary N) is 1. The number of hydrogen-bond donors (Lipinski definition) is 2. The van der Waals surface area contributed by atoms with Gasteiger partial charge in [-0.3, -0.25) is 4.79 Å². The summed E-state index contributed by atoms with van der Waals surface area (Å²) >= 11 is 0. The molecule has 1 aromatic heterocycles. The van der Waals surface area contributed by atoms with Crippen molar-refractivity contribution in [2.45, 2.75) is 26.7 Å². The van der Waals surface area contributed by atoms with Crippen LogP contribution in [0.2, 0.25) is 0 Å². The van der Waals surface area contributed by atoms with Crippen LogP contribution in [0.15, 0.2) is 36.5 Å². The van der Waals surface area contributed by atoms with Crippen molar-refractivity contribution >= 4 is 11.6 Å². The average molecular weight is 286 g/mol. The molecule has 0 aliphatic heterocycles. The van der Waals surface area contributed by atoms with Crippen molar-refractivity contribution in [1.82, 2.24) is 15.1 Å². The Hall–Kier alpha value is -2.30. The maximum Gasteiger partial charge on any atom is 0.271 e. The van der Waals surface area contributed by atoms with Crippen molar-refractivity contribution in [3.05, 3.63) is 42.2 Å². The van der Waals surface area contributed by atoms with Crippen LogP contribution in [0.25, 0.3) is 5.69 Å². The Balaban J connectivity index is 1.95. The van der Waals surface area contributed by atoms with Gasteiger partial charge in [-0.05, 0) is 43.0 Å². The normalized spacial score (nSPS) is 10.8. The molecule has 0 unspecified atom stereocenters. The molecule has 1 aromatic carbocycles. The number of aromatic nitrogens is 2. The number of hydrogen-bond acceptors (Lipinski definition) is 3. The quantitative estimate of drug-likeness (QED) is 0.633. The SMILES string of the molecule is CC(C)CCCNC(=O)c1ccn(-c2cccc(N)c2)n1. The van der Waals surface area contributed by atoms with Crippen LogP contribution in [0.1, 0.15) is 37.2 Å². The molecule has 0 atom stereocenters. The van der Waals surface area contributed by atoms with Crippen LogP contribution in [0.4, 0.5) is 5.69 Å². The molecule has 0 fully saturated rings. The number of anilines is 1. The first kappa shape index (κ1) is 15.1. The maximum absolute atomic E-state index is 12.0. The lowest BCUT2D eigenvalue weighted by Crippen LogP contribution is -2.25. The lowest BCUT2D eigenvalue weighted by molar-refractivity contribution is 0.0947. The third kappa shape index (κ3) is 4.34. The van der Waals surface area contributed by atoms with E-state index >= 15 is 0 Å². The molecule has 0 saturated heterocycles. The number of nitrogens with zero attached hydrogens (tertiary/aromatic N) is 2. The number of carbonyl (C=O) groups excluding carboxylic acids is 1. The number of benzene rings is 1. The molecule has 0 radical (unpaired) electrons. The van der Waals surface area contributed by atoms with Gasteiger partial charge in [0.25, 0.3) is 5.91 Å².